The van der Waals surface area contributed by atoms with Gasteiger partial charge in [-0.1, -0.05) is 12.8 Å². The summed E-state index contributed by atoms with van der Waals surface area (Å²) in [6.07, 6.45) is 7.41. The molecule has 1 aromatic carbocycles. The molecule has 0 saturated heterocycles. The number of amides is 1. The van der Waals surface area contributed by atoms with Crippen molar-refractivity contribution in [3.63, 3.8) is 0 Å². The van der Waals surface area contributed by atoms with Crippen molar-refractivity contribution >= 4 is 23.6 Å². The van der Waals surface area contributed by atoms with Crippen LogP contribution < -0.4 is 9.47 Å². The molecule has 198 valence electrons. The molecule has 2 atom stereocenters. The van der Waals surface area contributed by atoms with Crippen molar-refractivity contribution in [1.29, 1.82) is 0 Å². The van der Waals surface area contributed by atoms with Gasteiger partial charge in [0.2, 0.25) is 5.91 Å². The molecule has 1 aliphatic heterocycles. The van der Waals surface area contributed by atoms with Crippen LogP contribution in [-0.2, 0) is 14.4 Å². The minimum atomic E-state index is -1.26. The van der Waals surface area contributed by atoms with Crippen LogP contribution in [0.25, 0.3) is 0 Å². The zero-order valence-electron chi connectivity index (χ0n) is 21.5. The van der Waals surface area contributed by atoms with Gasteiger partial charge < -0.3 is 24.6 Å². The van der Waals surface area contributed by atoms with E-state index in [0.717, 1.165) is 56.3 Å². The second kappa shape index (κ2) is 14.2. The number of hydrogen-bond acceptors (Lipinski definition) is 7. The number of carbonyl (C=O) groups is 3. The highest BCUT2D eigenvalue weighted by Gasteiger charge is 2.41. The topological polar surface area (TPSA) is 129 Å². The summed E-state index contributed by atoms with van der Waals surface area (Å²) in [5.41, 5.74) is 2.05. The molecule has 1 saturated carbocycles. The van der Waals surface area contributed by atoms with E-state index in [1.54, 1.807) is 19.2 Å². The summed E-state index contributed by atoms with van der Waals surface area (Å²) >= 11 is 0. The minimum Gasteiger partial charge on any atom is -0.493 e. The van der Waals surface area contributed by atoms with Gasteiger partial charge in [0.05, 0.1) is 19.9 Å². The molecule has 1 aromatic rings. The van der Waals surface area contributed by atoms with Gasteiger partial charge in [-0.3, -0.25) is 4.79 Å². The SMILES string of the molecule is COc1ccc(C2=NN(CCCCN(C)C)C(=O)[C@H]3CCCC[C@@H]23)cc1OC.O=C(O)/C=C/C(=O)O. The predicted octanol–water partition coefficient (Wildman–Crippen LogP) is 3.11. The Bertz CT molecular complexity index is 958. The molecule has 0 unspecified atom stereocenters. The number of nitrogens with zero attached hydrogens (tertiary/aromatic N) is 3. The fraction of sp³-hybridized carbons (Fsp3) is 0.538. The van der Waals surface area contributed by atoms with E-state index in [4.69, 9.17) is 24.8 Å². The summed E-state index contributed by atoms with van der Waals surface area (Å²) in [7, 11) is 7.44. The molecule has 1 amide bonds. The van der Waals surface area contributed by atoms with Crippen molar-refractivity contribution in [2.75, 3.05) is 41.4 Å². The maximum atomic E-state index is 13.1. The molecule has 1 aliphatic carbocycles. The Morgan fingerprint density at radius 2 is 1.64 bits per heavy atom. The Labute approximate surface area is 212 Å². The van der Waals surface area contributed by atoms with Gasteiger partial charge in [0, 0.05) is 36.1 Å². The van der Waals surface area contributed by atoms with Gasteiger partial charge in [0.1, 0.15) is 0 Å². The number of unbranched alkanes of at least 4 members (excludes halogenated alkanes) is 1. The smallest absolute Gasteiger partial charge is 0.328 e. The molecule has 36 heavy (non-hydrogen) atoms. The second-order valence-electron chi connectivity index (χ2n) is 9.03. The first-order valence-corrected chi connectivity index (χ1v) is 12.1. The lowest BCUT2D eigenvalue weighted by molar-refractivity contribution is -0.139. The monoisotopic (exact) mass is 503 g/mol. The van der Waals surface area contributed by atoms with Crippen molar-refractivity contribution in [3.05, 3.63) is 35.9 Å². The lowest BCUT2D eigenvalue weighted by Crippen LogP contribution is -2.46. The summed E-state index contributed by atoms with van der Waals surface area (Å²) in [5, 5.41) is 22.2. The Morgan fingerprint density at radius 1 is 1.03 bits per heavy atom. The fourth-order valence-electron chi connectivity index (χ4n) is 4.46. The van der Waals surface area contributed by atoms with Crippen molar-refractivity contribution in [3.8, 4) is 11.5 Å². The molecule has 1 fully saturated rings. The fourth-order valence-corrected chi connectivity index (χ4v) is 4.46. The molecule has 10 nitrogen and oxygen atoms in total. The number of carbonyl (C=O) groups excluding carboxylic acids is 1. The number of carboxylic acid groups (broad SMARTS) is 2. The molecule has 0 radical (unpaired) electrons. The first kappa shape index (κ1) is 28.8. The third-order valence-corrected chi connectivity index (χ3v) is 6.19. The van der Waals surface area contributed by atoms with Gasteiger partial charge in [-0.05, 0) is 64.5 Å². The number of ether oxygens (including phenoxy) is 2. The van der Waals surface area contributed by atoms with Gasteiger partial charge in [-0.15, -0.1) is 0 Å². The quantitative estimate of drug-likeness (QED) is 0.368. The van der Waals surface area contributed by atoms with Crippen LogP contribution in [0.1, 0.15) is 44.1 Å². The van der Waals surface area contributed by atoms with E-state index < -0.39 is 11.9 Å². The molecule has 0 spiro atoms. The number of rotatable bonds is 10. The number of methoxy groups -OCH3 is 2. The number of carboxylic acids is 2. The normalized spacial score (nSPS) is 19.3. The molecule has 10 heteroatoms. The van der Waals surface area contributed by atoms with Gasteiger partial charge in [0.15, 0.2) is 11.5 Å². The van der Waals surface area contributed by atoms with Crippen LogP contribution in [0.5, 0.6) is 11.5 Å². The average molecular weight is 504 g/mol. The largest absolute Gasteiger partial charge is 0.493 e. The van der Waals surface area contributed by atoms with Gasteiger partial charge in [-0.2, -0.15) is 5.10 Å². The Morgan fingerprint density at radius 3 is 2.19 bits per heavy atom. The number of hydrazone groups is 1. The Kier molecular flexibility index (Phi) is 11.4. The van der Waals surface area contributed by atoms with E-state index in [9.17, 15) is 14.4 Å². The number of hydrogen-bond donors (Lipinski definition) is 2. The average Bonchev–Trinajstić information content (AvgIpc) is 2.86. The highest BCUT2D eigenvalue weighted by molar-refractivity contribution is 6.07. The third-order valence-electron chi connectivity index (χ3n) is 6.19. The zero-order chi connectivity index (χ0) is 26.7. The number of aliphatic carboxylic acids is 2. The standard InChI is InChI=1S/C22H33N3O3.C4H4O4/c1-24(2)13-7-8-14-25-22(26)18-10-6-5-9-17(18)21(23-25)16-11-12-19(27-3)20(15-16)28-4;5-3(6)1-2-4(7)8/h11-12,15,17-18H,5-10,13-14H2,1-4H3;1-2H,(H,5,6)(H,7,8)/b;2-1+/t17-,18+;/m1./s1. The van der Waals surface area contributed by atoms with E-state index in [1.165, 1.54) is 0 Å². The summed E-state index contributed by atoms with van der Waals surface area (Å²) < 4.78 is 10.9. The first-order valence-electron chi connectivity index (χ1n) is 12.1. The molecule has 0 aromatic heterocycles. The maximum absolute atomic E-state index is 13.1. The summed E-state index contributed by atoms with van der Waals surface area (Å²) in [4.78, 5) is 34.3. The van der Waals surface area contributed by atoms with E-state index in [0.29, 0.717) is 30.2 Å². The van der Waals surface area contributed by atoms with E-state index in [2.05, 4.69) is 19.0 Å². The molecule has 3 rings (SSSR count). The summed E-state index contributed by atoms with van der Waals surface area (Å²) in [6.45, 7) is 1.72. The molecular formula is C26H37N3O7. The Balaban J connectivity index is 0.000000493. The van der Waals surface area contributed by atoms with Gasteiger partial charge >= 0.3 is 11.9 Å². The highest BCUT2D eigenvalue weighted by atomic mass is 16.5. The van der Waals surface area contributed by atoms with Crippen LogP contribution in [0.4, 0.5) is 0 Å². The van der Waals surface area contributed by atoms with Crippen molar-refractivity contribution in [1.82, 2.24) is 9.91 Å². The first-order chi connectivity index (χ1) is 17.2. The predicted molar refractivity (Wildman–Crippen MR) is 135 cm³/mol. The number of benzene rings is 1. The maximum Gasteiger partial charge on any atom is 0.328 e. The van der Waals surface area contributed by atoms with Gasteiger partial charge in [-0.25, -0.2) is 14.6 Å². The number of fused-ring (bicyclic) bond motifs is 1. The third kappa shape index (κ3) is 8.37. The van der Waals surface area contributed by atoms with Crippen molar-refractivity contribution in [2.24, 2.45) is 16.9 Å². The summed E-state index contributed by atoms with van der Waals surface area (Å²) in [5.74, 6) is -0.636. The molecular weight excluding hydrogens is 466 g/mol. The minimum absolute atomic E-state index is 0.0585. The van der Waals surface area contributed by atoms with E-state index in [-0.39, 0.29) is 17.7 Å². The van der Waals surface area contributed by atoms with Crippen LogP contribution >= 0.6 is 0 Å². The lowest BCUT2D eigenvalue weighted by Gasteiger charge is -2.38. The molecule has 0 bridgehead atoms. The molecule has 2 N–H and O–H groups in total. The van der Waals surface area contributed by atoms with E-state index >= 15 is 0 Å². The lowest BCUT2D eigenvalue weighted by atomic mass is 9.73. The molecule has 2 aliphatic rings. The van der Waals surface area contributed by atoms with Crippen LogP contribution in [0, 0.1) is 11.8 Å². The van der Waals surface area contributed by atoms with Crippen molar-refractivity contribution < 1.29 is 34.1 Å². The summed E-state index contributed by atoms with van der Waals surface area (Å²) in [6, 6.07) is 5.95. The van der Waals surface area contributed by atoms with Crippen LogP contribution in [0.2, 0.25) is 0 Å². The van der Waals surface area contributed by atoms with Gasteiger partial charge in [0.25, 0.3) is 0 Å². The second-order valence-corrected chi connectivity index (χ2v) is 9.03. The molecule has 1 heterocycles. The van der Waals surface area contributed by atoms with Crippen LogP contribution in [-0.4, -0.2) is 85.1 Å². The van der Waals surface area contributed by atoms with Crippen LogP contribution in [0.15, 0.2) is 35.5 Å². The van der Waals surface area contributed by atoms with Crippen LogP contribution in [0.3, 0.4) is 0 Å². The zero-order valence-corrected chi connectivity index (χ0v) is 21.5. The van der Waals surface area contributed by atoms with Crippen molar-refractivity contribution in [2.45, 2.75) is 38.5 Å². The van der Waals surface area contributed by atoms with E-state index in [1.807, 2.05) is 18.2 Å². The highest BCUT2D eigenvalue weighted by Crippen LogP contribution is 2.39. The Hall–Kier alpha value is -3.40.